The van der Waals surface area contributed by atoms with Gasteiger partial charge in [-0.15, -0.1) is 0 Å². The summed E-state index contributed by atoms with van der Waals surface area (Å²) in [7, 11) is 0. The average molecular weight is 332 g/mol. The maximum Gasteiger partial charge on any atom is 0.155 e. The van der Waals surface area contributed by atoms with Crippen LogP contribution in [-0.2, 0) is 4.79 Å². The Morgan fingerprint density at radius 2 is 1.92 bits per heavy atom. The number of nitrogens with one attached hydrogen (secondary N) is 2. The third kappa shape index (κ3) is 1.99. The molecule has 5 rings (SSSR count). The predicted molar refractivity (Wildman–Crippen MR) is 94.6 cm³/mol. The van der Waals surface area contributed by atoms with E-state index in [1.54, 1.807) is 0 Å². The molecule has 0 amide bonds. The molecule has 4 heteroatoms. The van der Waals surface area contributed by atoms with Gasteiger partial charge in [0.2, 0.25) is 0 Å². The highest BCUT2D eigenvalue weighted by molar-refractivity contribution is 5.91. The summed E-state index contributed by atoms with van der Waals surface area (Å²) in [4.78, 5) is 11.8. The zero-order chi connectivity index (χ0) is 17.3. The molecule has 0 aromatic heterocycles. The lowest BCUT2D eigenvalue weighted by Gasteiger charge is -2.58. The van der Waals surface area contributed by atoms with Crippen LogP contribution in [0.4, 0.5) is 0 Å². The monoisotopic (exact) mass is 332 g/mol. The van der Waals surface area contributed by atoms with Crippen molar-refractivity contribution in [3.63, 3.8) is 0 Å². The number of rotatable bonds is 0. The van der Waals surface area contributed by atoms with Gasteiger partial charge in [0.1, 0.15) is 0 Å². The van der Waals surface area contributed by atoms with Crippen LogP contribution in [0.5, 0.6) is 0 Å². The molecule has 0 aromatic rings. The van der Waals surface area contributed by atoms with Crippen LogP contribution in [0, 0.1) is 22.7 Å². The van der Waals surface area contributed by atoms with Gasteiger partial charge in [0.05, 0.1) is 6.10 Å². The number of piperidine rings is 2. The van der Waals surface area contributed by atoms with Crippen molar-refractivity contribution in [3.8, 4) is 0 Å². The normalized spacial score (nSPS) is 54.4. The molecule has 0 spiro atoms. The van der Waals surface area contributed by atoms with Crippen LogP contribution < -0.4 is 10.6 Å². The van der Waals surface area contributed by atoms with Crippen LogP contribution in [0.1, 0.15) is 53.4 Å². The number of aliphatic hydroxyl groups is 1. The summed E-state index contributed by atoms with van der Waals surface area (Å²) in [5.41, 5.74) is 1.58. The van der Waals surface area contributed by atoms with Crippen molar-refractivity contribution in [2.24, 2.45) is 22.7 Å². The van der Waals surface area contributed by atoms with Crippen molar-refractivity contribution in [1.82, 2.24) is 10.6 Å². The number of hydrogen-bond donors (Lipinski definition) is 3. The molecule has 24 heavy (non-hydrogen) atoms. The summed E-state index contributed by atoms with van der Waals surface area (Å²) < 4.78 is 0. The molecule has 0 aromatic carbocycles. The Kier molecular flexibility index (Phi) is 3.76. The summed E-state index contributed by atoms with van der Waals surface area (Å²) in [5, 5.41) is 17.9. The van der Waals surface area contributed by atoms with Crippen LogP contribution in [0.3, 0.4) is 0 Å². The Morgan fingerprint density at radius 3 is 2.67 bits per heavy atom. The van der Waals surface area contributed by atoms with Crippen molar-refractivity contribution in [2.75, 3.05) is 6.54 Å². The molecule has 134 valence electrons. The lowest BCUT2D eigenvalue weighted by Crippen LogP contribution is -2.63. The molecule has 0 radical (unpaired) electrons. The van der Waals surface area contributed by atoms with Crippen LogP contribution in [0.15, 0.2) is 11.6 Å². The fourth-order valence-corrected chi connectivity index (χ4v) is 6.51. The Bertz CT molecular complexity index is 588. The first kappa shape index (κ1) is 16.7. The number of ketones is 1. The average Bonchev–Trinajstić information content (AvgIpc) is 3.32. The van der Waals surface area contributed by atoms with Crippen molar-refractivity contribution in [1.29, 1.82) is 0 Å². The Morgan fingerprint density at radius 1 is 1.17 bits per heavy atom. The second-order valence-electron chi connectivity index (χ2n) is 8.80. The van der Waals surface area contributed by atoms with Gasteiger partial charge in [-0.25, -0.2) is 0 Å². The molecular formula is C20H32N2O2. The Balaban J connectivity index is 0.000000704. The molecule has 8 atom stereocenters. The molecule has 2 aliphatic heterocycles. The molecular weight excluding hydrogens is 300 g/mol. The SMILES string of the molecule is CC.CC12CCC(=O)C=C1CNC1C2CCC2(C)C(O)C3NC3C12. The van der Waals surface area contributed by atoms with Crippen LogP contribution in [-0.4, -0.2) is 41.7 Å². The number of aliphatic hydroxyl groups excluding tert-OH is 1. The second-order valence-corrected chi connectivity index (χ2v) is 8.80. The van der Waals surface area contributed by atoms with E-state index in [2.05, 4.69) is 24.5 Å². The van der Waals surface area contributed by atoms with Gasteiger partial charge in [0.25, 0.3) is 0 Å². The summed E-state index contributed by atoms with van der Waals surface area (Å²) in [6.45, 7) is 9.53. The minimum Gasteiger partial charge on any atom is -0.391 e. The van der Waals surface area contributed by atoms with Crippen molar-refractivity contribution < 1.29 is 9.90 Å². The van der Waals surface area contributed by atoms with Gasteiger partial charge in [-0.1, -0.05) is 27.7 Å². The summed E-state index contributed by atoms with van der Waals surface area (Å²) >= 11 is 0. The van der Waals surface area contributed by atoms with Crippen LogP contribution >= 0.6 is 0 Å². The fraction of sp³-hybridized carbons (Fsp3) is 0.850. The number of carbonyl (C=O) groups is 1. The van der Waals surface area contributed by atoms with Crippen molar-refractivity contribution in [2.45, 2.75) is 77.6 Å². The predicted octanol–water partition coefficient (Wildman–Crippen LogP) is 2.03. The minimum atomic E-state index is -0.192. The van der Waals surface area contributed by atoms with E-state index in [1.807, 2.05) is 19.9 Å². The molecule has 2 saturated carbocycles. The number of hydrogen-bond acceptors (Lipinski definition) is 4. The van der Waals surface area contributed by atoms with E-state index in [-0.39, 0.29) is 16.9 Å². The largest absolute Gasteiger partial charge is 0.391 e. The van der Waals surface area contributed by atoms with Crippen molar-refractivity contribution >= 4 is 5.78 Å². The molecule has 0 bridgehead atoms. The van der Waals surface area contributed by atoms with Gasteiger partial charge < -0.3 is 15.7 Å². The maximum absolute atomic E-state index is 11.8. The standard InChI is InChI=1S/C18H26N2O2.C2H6/c1-17-5-3-10(21)7-9(17)8-19-13-11(17)4-6-18(2)12(13)14-15(20-14)16(18)22;1-2/h7,11-16,19-20,22H,3-6,8H2,1-2H3;1-2H3. The molecule has 4 nitrogen and oxygen atoms in total. The molecule has 2 heterocycles. The second kappa shape index (κ2) is 5.39. The lowest BCUT2D eigenvalue weighted by atomic mass is 9.51. The van der Waals surface area contributed by atoms with Gasteiger partial charge in [-0.05, 0) is 48.2 Å². The molecule has 4 fully saturated rings. The van der Waals surface area contributed by atoms with Crippen LogP contribution in [0.2, 0.25) is 0 Å². The molecule has 8 unspecified atom stereocenters. The Hall–Kier alpha value is -0.710. The first-order valence-electron chi connectivity index (χ1n) is 9.86. The third-order valence-electron chi connectivity index (χ3n) is 7.95. The highest BCUT2D eigenvalue weighted by atomic mass is 16.3. The van der Waals surface area contributed by atoms with Crippen molar-refractivity contribution in [3.05, 3.63) is 11.6 Å². The topological polar surface area (TPSA) is 71.3 Å². The van der Waals surface area contributed by atoms with Gasteiger partial charge in [-0.3, -0.25) is 4.79 Å². The van der Waals surface area contributed by atoms with E-state index in [1.165, 1.54) is 12.0 Å². The molecule has 5 aliphatic rings. The zero-order valence-electron chi connectivity index (χ0n) is 15.4. The Labute approximate surface area is 145 Å². The highest BCUT2D eigenvalue weighted by Gasteiger charge is 2.70. The molecule has 3 N–H and O–H groups in total. The number of carbonyl (C=O) groups excluding carboxylic acids is 1. The first-order chi connectivity index (χ1) is 11.4. The zero-order valence-corrected chi connectivity index (χ0v) is 15.4. The minimum absolute atomic E-state index is 0.0663. The number of fused-ring (bicyclic) bond motifs is 7. The van der Waals surface area contributed by atoms with Gasteiger partial charge in [0.15, 0.2) is 5.78 Å². The van der Waals surface area contributed by atoms with E-state index >= 15 is 0 Å². The van der Waals surface area contributed by atoms with Gasteiger partial charge >= 0.3 is 0 Å². The third-order valence-corrected chi connectivity index (χ3v) is 7.95. The lowest BCUT2D eigenvalue weighted by molar-refractivity contribution is -0.117. The van der Waals surface area contributed by atoms with E-state index in [0.717, 1.165) is 19.4 Å². The van der Waals surface area contributed by atoms with E-state index in [0.29, 0.717) is 42.2 Å². The number of allylic oxidation sites excluding steroid dienone is 1. The van der Waals surface area contributed by atoms with Crippen LogP contribution in [0.25, 0.3) is 0 Å². The summed E-state index contributed by atoms with van der Waals surface area (Å²) in [6, 6.07) is 1.31. The summed E-state index contributed by atoms with van der Waals surface area (Å²) in [5.74, 6) is 1.43. The van der Waals surface area contributed by atoms with Gasteiger partial charge in [0, 0.05) is 36.5 Å². The van der Waals surface area contributed by atoms with Gasteiger partial charge in [-0.2, -0.15) is 0 Å². The summed E-state index contributed by atoms with van der Waals surface area (Å²) in [6.07, 6.45) is 5.73. The smallest absolute Gasteiger partial charge is 0.155 e. The highest BCUT2D eigenvalue weighted by Crippen LogP contribution is 2.62. The van der Waals surface area contributed by atoms with E-state index < -0.39 is 0 Å². The first-order valence-corrected chi connectivity index (χ1v) is 9.86. The van der Waals surface area contributed by atoms with E-state index in [4.69, 9.17) is 0 Å². The quantitative estimate of drug-likeness (QED) is 0.594. The molecule has 3 aliphatic carbocycles. The van der Waals surface area contributed by atoms with E-state index in [9.17, 15) is 9.90 Å². The maximum atomic E-state index is 11.8. The molecule has 2 saturated heterocycles. The fourth-order valence-electron chi connectivity index (χ4n) is 6.51.